The zero-order valence-corrected chi connectivity index (χ0v) is 35.8. The van der Waals surface area contributed by atoms with Gasteiger partial charge in [-0.25, -0.2) is 0 Å². The van der Waals surface area contributed by atoms with Gasteiger partial charge in [-0.3, -0.25) is 0 Å². The second kappa shape index (κ2) is 30.6. The van der Waals surface area contributed by atoms with E-state index in [2.05, 4.69) is 47.3 Å². The van der Waals surface area contributed by atoms with Crippen LogP contribution in [0.1, 0.15) is 134 Å². The molecule has 0 radical (unpaired) electrons. The van der Waals surface area contributed by atoms with Crippen LogP contribution < -0.4 is 0 Å². The van der Waals surface area contributed by atoms with Gasteiger partial charge in [0.05, 0.1) is 22.4 Å². The smallest absolute Gasteiger partial charge is 0.0768 e. The van der Waals surface area contributed by atoms with Crippen LogP contribution in [0.15, 0.2) is 0 Å². The molecule has 0 rings (SSSR count). The van der Waals surface area contributed by atoms with Crippen molar-refractivity contribution in [2.75, 3.05) is 80.5 Å². The van der Waals surface area contributed by atoms with Gasteiger partial charge in [-0.2, -0.15) is 0 Å². The molecule has 0 unspecified atom stereocenters. The van der Waals surface area contributed by atoms with Crippen molar-refractivity contribution in [3.8, 4) is 0 Å². The molecule has 4 N–H and O–H groups in total. The molecular formula is C36H84N4O4Zr. The Hall–Kier alpha value is 0.563. The van der Waals surface area contributed by atoms with Crippen LogP contribution in [-0.4, -0.2) is 143 Å². The van der Waals surface area contributed by atoms with Crippen molar-refractivity contribution in [3.63, 3.8) is 0 Å². The molecule has 0 aliphatic rings. The van der Waals surface area contributed by atoms with Gasteiger partial charge in [0.1, 0.15) is 0 Å². The summed E-state index contributed by atoms with van der Waals surface area (Å²) in [5.41, 5.74) is -1.87. The van der Waals surface area contributed by atoms with Gasteiger partial charge in [0, 0.05) is 52.4 Å². The molecule has 0 aromatic rings. The Kier molecular flexibility index (Phi) is 37.4. The molecule has 0 bridgehead atoms. The van der Waals surface area contributed by atoms with Crippen LogP contribution >= 0.6 is 0 Å². The third-order valence-corrected chi connectivity index (χ3v) is 9.68. The van der Waals surface area contributed by atoms with E-state index in [1.54, 1.807) is 0 Å². The summed E-state index contributed by atoms with van der Waals surface area (Å²) in [6.45, 7) is 31.9. The number of rotatable bonds is 20. The minimum absolute atomic E-state index is 0. The second-order valence-corrected chi connectivity index (χ2v) is 13.0. The molecule has 0 saturated heterocycles. The fraction of sp³-hybridized carbons (Fsp3) is 1.00. The standard InChI is InChI=1S/4C9H21NO.Zr/c4*1-5-9(11,6-2)8-10(4)7-3;/h4*11H,5-8H2,1-4H3;. The van der Waals surface area contributed by atoms with Gasteiger partial charge in [0.25, 0.3) is 0 Å². The average molecular weight is 728 g/mol. The summed E-state index contributed by atoms with van der Waals surface area (Å²) in [5.74, 6) is 0. The molecule has 0 aromatic heterocycles. The van der Waals surface area contributed by atoms with E-state index in [0.29, 0.717) is 0 Å². The Bertz CT molecular complexity index is 510. The van der Waals surface area contributed by atoms with Crippen molar-refractivity contribution in [1.82, 2.24) is 19.6 Å². The Morgan fingerprint density at radius 3 is 0.489 bits per heavy atom. The fourth-order valence-corrected chi connectivity index (χ4v) is 4.35. The molecular weight excluding hydrogens is 644 g/mol. The van der Waals surface area contributed by atoms with Gasteiger partial charge >= 0.3 is 0 Å². The predicted molar refractivity (Wildman–Crippen MR) is 195 cm³/mol. The maximum absolute atomic E-state index is 9.89. The van der Waals surface area contributed by atoms with Crippen molar-refractivity contribution in [2.24, 2.45) is 0 Å². The Morgan fingerprint density at radius 2 is 0.422 bits per heavy atom. The van der Waals surface area contributed by atoms with E-state index in [9.17, 15) is 20.4 Å². The van der Waals surface area contributed by atoms with Gasteiger partial charge in [-0.15, -0.1) is 0 Å². The molecule has 0 saturated carbocycles. The largest absolute Gasteiger partial charge is 0.389 e. The van der Waals surface area contributed by atoms with Gasteiger partial charge in [-0.1, -0.05) is 83.1 Å². The minimum atomic E-state index is -0.467. The summed E-state index contributed by atoms with van der Waals surface area (Å²) < 4.78 is 0. The molecule has 0 aliphatic carbocycles. The maximum Gasteiger partial charge on any atom is 0.0768 e. The van der Waals surface area contributed by atoms with Crippen LogP contribution in [0, 0.1) is 0 Å². The summed E-state index contributed by atoms with van der Waals surface area (Å²) in [6.07, 6.45) is 6.73. The van der Waals surface area contributed by atoms with Crippen LogP contribution in [0.25, 0.3) is 0 Å². The van der Waals surface area contributed by atoms with Crippen molar-refractivity contribution < 1.29 is 46.6 Å². The quantitative estimate of drug-likeness (QED) is 0.122. The zero-order chi connectivity index (χ0) is 35.6. The number of hydrogen-bond acceptors (Lipinski definition) is 8. The van der Waals surface area contributed by atoms with Crippen LogP contribution in [-0.2, 0) is 26.2 Å². The Morgan fingerprint density at radius 1 is 0.311 bits per heavy atom. The van der Waals surface area contributed by atoms with E-state index in [1.807, 2.05) is 83.6 Å². The summed E-state index contributed by atoms with van der Waals surface area (Å²) in [5, 5.41) is 39.6. The van der Waals surface area contributed by atoms with E-state index < -0.39 is 22.4 Å². The van der Waals surface area contributed by atoms with Crippen molar-refractivity contribution in [1.29, 1.82) is 0 Å². The number of aliphatic hydroxyl groups is 4. The molecule has 0 heterocycles. The monoisotopic (exact) mass is 727 g/mol. The van der Waals surface area contributed by atoms with Gasteiger partial charge in [0.2, 0.25) is 0 Å². The molecule has 276 valence electrons. The molecule has 0 aromatic carbocycles. The Balaban J connectivity index is -0.000000157. The maximum atomic E-state index is 9.89. The molecule has 0 fully saturated rings. The summed E-state index contributed by atoms with van der Waals surface area (Å²) in [7, 11) is 8.15. The van der Waals surface area contributed by atoms with E-state index >= 15 is 0 Å². The van der Waals surface area contributed by atoms with Gasteiger partial charge < -0.3 is 40.0 Å². The SMILES string of the molecule is CCN(C)CC(O)(CC)CC.CCN(C)CC(O)(CC)CC.CCN(C)CC(O)(CC)CC.CCN(C)CC(O)(CC)CC.[Zr]. The first kappa shape index (κ1) is 55.0. The molecule has 0 spiro atoms. The molecule has 8 nitrogen and oxygen atoms in total. The fourth-order valence-electron chi connectivity index (χ4n) is 4.35. The first-order valence-electron chi connectivity index (χ1n) is 17.9. The molecule has 0 atom stereocenters. The third-order valence-electron chi connectivity index (χ3n) is 9.68. The normalized spacial score (nSPS) is 12.3. The first-order valence-corrected chi connectivity index (χ1v) is 17.9. The number of nitrogens with zero attached hydrogens (tertiary/aromatic N) is 4. The van der Waals surface area contributed by atoms with Crippen molar-refractivity contribution in [2.45, 2.75) is 157 Å². The van der Waals surface area contributed by atoms with E-state index in [1.165, 1.54) is 0 Å². The van der Waals surface area contributed by atoms with Crippen LogP contribution in [0.2, 0.25) is 0 Å². The minimum Gasteiger partial charge on any atom is -0.389 e. The van der Waals surface area contributed by atoms with Crippen LogP contribution in [0.5, 0.6) is 0 Å². The van der Waals surface area contributed by atoms with Crippen molar-refractivity contribution >= 4 is 0 Å². The number of likely N-dealkylation sites (N-methyl/N-ethyl adjacent to an activating group) is 4. The summed E-state index contributed by atoms with van der Waals surface area (Å²) in [6, 6.07) is 0. The molecule has 0 amide bonds. The molecule has 9 heteroatoms. The Labute approximate surface area is 302 Å². The molecule has 45 heavy (non-hydrogen) atoms. The predicted octanol–water partition coefficient (Wildman–Crippen LogP) is 5.95. The third kappa shape index (κ3) is 29.2. The van der Waals surface area contributed by atoms with E-state index in [-0.39, 0.29) is 26.2 Å². The summed E-state index contributed by atoms with van der Waals surface area (Å²) in [4.78, 5) is 8.58. The molecule has 0 aliphatic heterocycles. The topological polar surface area (TPSA) is 93.9 Å². The summed E-state index contributed by atoms with van der Waals surface area (Å²) >= 11 is 0. The van der Waals surface area contributed by atoms with Crippen LogP contribution in [0.3, 0.4) is 0 Å². The first-order chi connectivity index (χ1) is 20.3. The van der Waals surface area contributed by atoms with Gasteiger partial charge in [0.15, 0.2) is 0 Å². The average Bonchev–Trinajstić information content (AvgIpc) is 3.04. The van der Waals surface area contributed by atoms with Crippen LogP contribution in [0.4, 0.5) is 0 Å². The zero-order valence-electron chi connectivity index (χ0n) is 33.4. The number of hydrogen-bond donors (Lipinski definition) is 4. The van der Waals surface area contributed by atoms with Gasteiger partial charge in [-0.05, 0) is 106 Å². The van der Waals surface area contributed by atoms with Crippen molar-refractivity contribution in [3.05, 3.63) is 0 Å². The van der Waals surface area contributed by atoms with E-state index in [0.717, 1.165) is 104 Å². The second-order valence-electron chi connectivity index (χ2n) is 13.0. The van der Waals surface area contributed by atoms with E-state index in [4.69, 9.17) is 0 Å².